The number of carboxylic acids is 1. The zero-order valence-electron chi connectivity index (χ0n) is 37.4. The Kier molecular flexibility index (Phi) is 22.2. The zero-order chi connectivity index (χ0) is 46.4. The Labute approximate surface area is 380 Å². The number of rotatable bonds is 31. The van der Waals surface area contributed by atoms with E-state index in [-0.39, 0.29) is 50.0 Å². The van der Waals surface area contributed by atoms with Gasteiger partial charge in [-0.15, -0.1) is 5.10 Å². The van der Waals surface area contributed by atoms with Gasteiger partial charge in [-0.05, 0) is 78.8 Å². The SMILES string of the molecule is COc1ccc(CCC(NC(=O)C=CCCC(C)C2OC2c2ccc(Cn3cc(COCCOCCOCCO)nn3)cc2)C(=O)NCC(C)C(=O)OC(CC(C)C)C(=O)O)cc1Cl. The third kappa shape index (κ3) is 18.3. The number of carbonyl (C=O) groups excluding carboxylic acids is 3. The van der Waals surface area contributed by atoms with Gasteiger partial charge in [0.15, 0.2) is 6.10 Å². The summed E-state index contributed by atoms with van der Waals surface area (Å²) in [6.45, 7) is 10.1. The van der Waals surface area contributed by atoms with Crippen LogP contribution in [0.15, 0.2) is 60.8 Å². The van der Waals surface area contributed by atoms with Gasteiger partial charge >= 0.3 is 11.9 Å². The maximum atomic E-state index is 13.4. The number of epoxide rings is 1. The van der Waals surface area contributed by atoms with E-state index in [2.05, 4.69) is 52.1 Å². The highest BCUT2D eigenvalue weighted by Crippen LogP contribution is 2.44. The van der Waals surface area contributed by atoms with Crippen molar-refractivity contribution in [3.8, 4) is 5.75 Å². The molecule has 2 amide bonds. The highest BCUT2D eigenvalue weighted by Gasteiger charge is 2.43. The Bertz CT molecular complexity index is 1940. The van der Waals surface area contributed by atoms with Crippen molar-refractivity contribution in [3.63, 3.8) is 0 Å². The Morgan fingerprint density at radius 3 is 2.33 bits per heavy atom. The van der Waals surface area contributed by atoms with Gasteiger partial charge in [0.25, 0.3) is 0 Å². The molecule has 3 aromatic rings. The first-order valence-electron chi connectivity index (χ1n) is 21.8. The van der Waals surface area contributed by atoms with Crippen molar-refractivity contribution in [3.05, 3.63) is 88.2 Å². The van der Waals surface area contributed by atoms with Gasteiger partial charge in [0, 0.05) is 6.54 Å². The summed E-state index contributed by atoms with van der Waals surface area (Å²) in [6.07, 6.45) is 6.03. The van der Waals surface area contributed by atoms with Crippen LogP contribution in [0.5, 0.6) is 5.75 Å². The molecule has 1 fully saturated rings. The monoisotopic (exact) mass is 913 g/mol. The number of ether oxygens (including phenoxy) is 6. The second kappa shape index (κ2) is 27.4. The number of carbonyl (C=O) groups is 4. The van der Waals surface area contributed by atoms with Crippen LogP contribution in [-0.2, 0) is 62.4 Å². The molecule has 1 aromatic heterocycles. The molecule has 2 heterocycles. The quantitative estimate of drug-likeness (QED) is 0.0293. The van der Waals surface area contributed by atoms with E-state index in [1.165, 1.54) is 20.1 Å². The summed E-state index contributed by atoms with van der Waals surface area (Å²) in [5, 5.41) is 32.5. The van der Waals surface area contributed by atoms with Crippen LogP contribution >= 0.6 is 11.6 Å². The fraction of sp³-hybridized carbons (Fsp3) is 0.565. The second-order valence-electron chi connectivity index (χ2n) is 16.2. The Morgan fingerprint density at radius 2 is 1.66 bits per heavy atom. The number of aryl methyl sites for hydroxylation is 1. The average Bonchev–Trinajstić information content (AvgIpc) is 3.96. The van der Waals surface area contributed by atoms with E-state index in [4.69, 9.17) is 45.1 Å². The van der Waals surface area contributed by atoms with E-state index in [9.17, 15) is 24.3 Å². The predicted molar refractivity (Wildman–Crippen MR) is 236 cm³/mol. The van der Waals surface area contributed by atoms with E-state index in [0.717, 1.165) is 28.8 Å². The van der Waals surface area contributed by atoms with E-state index in [0.29, 0.717) is 69.8 Å². The van der Waals surface area contributed by atoms with Crippen LogP contribution < -0.4 is 15.4 Å². The number of hydrogen-bond acceptors (Lipinski definition) is 13. The molecule has 1 aliphatic heterocycles. The number of aliphatic hydroxyl groups excluding tert-OH is 1. The van der Waals surface area contributed by atoms with Gasteiger partial charge < -0.3 is 49.3 Å². The van der Waals surface area contributed by atoms with Crippen molar-refractivity contribution in [1.82, 2.24) is 25.6 Å². The van der Waals surface area contributed by atoms with Gasteiger partial charge in [-0.25, -0.2) is 9.48 Å². The first-order valence-corrected chi connectivity index (χ1v) is 22.1. The van der Waals surface area contributed by atoms with Crippen LogP contribution in [-0.4, -0.2) is 121 Å². The second-order valence-corrected chi connectivity index (χ2v) is 16.6. The summed E-state index contributed by atoms with van der Waals surface area (Å²) in [4.78, 5) is 50.8. The largest absolute Gasteiger partial charge is 0.495 e. The molecule has 4 rings (SSSR count). The van der Waals surface area contributed by atoms with Gasteiger partial charge in [-0.1, -0.05) is 80.9 Å². The van der Waals surface area contributed by atoms with Crippen LogP contribution in [0.4, 0.5) is 0 Å². The molecule has 0 aliphatic carbocycles. The number of allylic oxidation sites excluding steroid dienone is 1. The third-order valence-corrected chi connectivity index (χ3v) is 10.7. The normalized spacial score (nSPS) is 16.6. The lowest BCUT2D eigenvalue weighted by Gasteiger charge is -2.21. The number of nitrogens with one attached hydrogen (secondary N) is 2. The van der Waals surface area contributed by atoms with Crippen molar-refractivity contribution in [1.29, 1.82) is 0 Å². The third-order valence-electron chi connectivity index (χ3n) is 10.4. The summed E-state index contributed by atoms with van der Waals surface area (Å²) >= 11 is 6.32. The first-order chi connectivity index (χ1) is 30.8. The molecule has 0 saturated carbocycles. The summed E-state index contributed by atoms with van der Waals surface area (Å²) in [6, 6.07) is 12.6. The number of carboxylic acid groups (broad SMARTS) is 1. The molecule has 6 unspecified atom stereocenters. The number of esters is 1. The van der Waals surface area contributed by atoms with Gasteiger partial charge in [0.1, 0.15) is 23.6 Å². The van der Waals surface area contributed by atoms with Crippen molar-refractivity contribution in [2.45, 2.75) is 97.3 Å². The Balaban J connectivity index is 1.20. The van der Waals surface area contributed by atoms with Gasteiger partial charge in [0.05, 0.1) is 83.1 Å². The number of nitrogens with zero attached hydrogens (tertiary/aromatic N) is 3. The van der Waals surface area contributed by atoms with E-state index in [1.54, 1.807) is 22.9 Å². The lowest BCUT2D eigenvalue weighted by atomic mass is 9.96. The highest BCUT2D eigenvalue weighted by molar-refractivity contribution is 6.32. The predicted octanol–water partition coefficient (Wildman–Crippen LogP) is 4.86. The maximum absolute atomic E-state index is 13.4. The minimum absolute atomic E-state index is 0.00336. The highest BCUT2D eigenvalue weighted by atomic mass is 35.5. The summed E-state index contributed by atoms with van der Waals surface area (Å²) < 4.78 is 34.5. The minimum Gasteiger partial charge on any atom is -0.495 e. The van der Waals surface area contributed by atoms with Crippen LogP contribution in [0.2, 0.25) is 5.02 Å². The number of methoxy groups -OCH3 is 1. The van der Waals surface area contributed by atoms with Crippen molar-refractivity contribution >= 4 is 35.4 Å². The van der Waals surface area contributed by atoms with Gasteiger partial charge in [-0.2, -0.15) is 0 Å². The maximum Gasteiger partial charge on any atom is 0.345 e. The van der Waals surface area contributed by atoms with E-state index >= 15 is 0 Å². The number of aliphatic carboxylic acids is 1. The molecule has 0 radical (unpaired) electrons. The number of hydrogen-bond donors (Lipinski definition) is 4. The van der Waals surface area contributed by atoms with Gasteiger partial charge in [-0.3, -0.25) is 14.4 Å². The lowest BCUT2D eigenvalue weighted by molar-refractivity contribution is -0.167. The zero-order valence-corrected chi connectivity index (χ0v) is 38.2. The number of halogens is 1. The average molecular weight is 914 g/mol. The molecule has 0 spiro atoms. The number of aromatic nitrogens is 3. The fourth-order valence-electron chi connectivity index (χ4n) is 6.71. The molecule has 6 atom stereocenters. The molecule has 1 saturated heterocycles. The van der Waals surface area contributed by atoms with Crippen molar-refractivity contribution in [2.24, 2.45) is 17.8 Å². The number of benzene rings is 2. The standard InChI is InChI=1S/C46H64ClN5O12/c1-30(2)24-40(45(56)57)63-46(58)32(4)26-48-44(55)38(16-12-33-13-17-39(59-5)37(47)25-33)49-41(54)9-7-6-8-31(3)42-43(64-42)35-14-10-34(11-15-35)27-52-28-36(50-51-52)29-62-23-22-61-21-20-60-19-18-53/h7,9-11,13-15,17,25,28,30-32,38,40,42-43,53H,6,8,12,16,18-24,26-27,29H2,1-5H3,(H,48,55)(H,49,54)(H,56,57). The van der Waals surface area contributed by atoms with Crippen LogP contribution in [0, 0.1) is 17.8 Å². The number of amides is 2. The van der Waals surface area contributed by atoms with Crippen LogP contribution in [0.3, 0.4) is 0 Å². The summed E-state index contributed by atoms with van der Waals surface area (Å²) in [5.74, 6) is -3.00. The molecule has 352 valence electrons. The van der Waals surface area contributed by atoms with E-state index in [1.807, 2.05) is 26.1 Å². The molecule has 4 N–H and O–H groups in total. The first kappa shape index (κ1) is 51.7. The van der Waals surface area contributed by atoms with E-state index < -0.39 is 41.8 Å². The molecule has 0 bridgehead atoms. The smallest absolute Gasteiger partial charge is 0.345 e. The van der Waals surface area contributed by atoms with Crippen molar-refractivity contribution in [2.75, 3.05) is 53.3 Å². The summed E-state index contributed by atoms with van der Waals surface area (Å²) in [5.41, 5.74) is 3.72. The minimum atomic E-state index is -1.28. The molecule has 18 heteroatoms. The molecule has 17 nitrogen and oxygen atoms in total. The Hall–Kier alpha value is -4.91. The topological polar surface area (TPSA) is 222 Å². The lowest BCUT2D eigenvalue weighted by Crippen LogP contribution is -2.48. The van der Waals surface area contributed by atoms with Crippen molar-refractivity contribution < 1.29 is 57.8 Å². The molecular formula is C46H64ClN5O12. The number of aliphatic hydroxyl groups is 1. The van der Waals surface area contributed by atoms with Crippen LogP contribution in [0.25, 0.3) is 0 Å². The molecular weight excluding hydrogens is 850 g/mol. The fourth-order valence-corrected chi connectivity index (χ4v) is 6.99. The molecule has 2 aromatic carbocycles. The van der Waals surface area contributed by atoms with Gasteiger partial charge in [0.2, 0.25) is 11.8 Å². The summed E-state index contributed by atoms with van der Waals surface area (Å²) in [7, 11) is 1.52. The Morgan fingerprint density at radius 1 is 0.953 bits per heavy atom. The molecule has 64 heavy (non-hydrogen) atoms. The molecule has 1 aliphatic rings. The van der Waals surface area contributed by atoms with Crippen LogP contribution in [0.1, 0.15) is 81.9 Å².